The summed E-state index contributed by atoms with van der Waals surface area (Å²) in [5.41, 5.74) is 2.08. The van der Waals surface area contributed by atoms with E-state index in [4.69, 9.17) is 0 Å². The standard InChI is InChI=1S/C16H20N2O3/c1-11-5-4-9-18(14(11)15(19)20)16(21)17-10-8-12-6-2-3-7-13(12)17/h2-3,6-7,11,14H,4-5,8-10H2,1H3,(H,19,20). The number of urea groups is 1. The number of fused-ring (bicyclic) bond motifs is 1. The molecule has 1 saturated heterocycles. The molecule has 2 amide bonds. The molecule has 2 aliphatic heterocycles. The van der Waals surface area contributed by atoms with Gasteiger partial charge in [0.2, 0.25) is 0 Å². The minimum absolute atomic E-state index is 0.00181. The van der Waals surface area contributed by atoms with Crippen molar-refractivity contribution in [1.82, 2.24) is 4.90 Å². The van der Waals surface area contributed by atoms with Crippen LogP contribution in [0, 0.1) is 5.92 Å². The Hall–Kier alpha value is -2.04. The third-order valence-electron chi connectivity index (χ3n) is 4.55. The molecule has 2 aliphatic rings. The summed E-state index contributed by atoms with van der Waals surface area (Å²) in [6, 6.07) is 6.96. The van der Waals surface area contributed by atoms with Gasteiger partial charge in [-0.1, -0.05) is 25.1 Å². The van der Waals surface area contributed by atoms with Crippen LogP contribution in [0.15, 0.2) is 24.3 Å². The number of carbonyl (C=O) groups is 2. The van der Waals surface area contributed by atoms with Gasteiger partial charge in [-0.25, -0.2) is 9.59 Å². The summed E-state index contributed by atoms with van der Waals surface area (Å²) >= 11 is 0. The lowest BCUT2D eigenvalue weighted by atomic mass is 9.91. The van der Waals surface area contributed by atoms with Crippen LogP contribution in [0.3, 0.4) is 0 Å². The minimum Gasteiger partial charge on any atom is -0.480 e. The van der Waals surface area contributed by atoms with Crippen molar-refractivity contribution in [2.24, 2.45) is 5.92 Å². The topological polar surface area (TPSA) is 60.9 Å². The number of aliphatic carboxylic acids is 1. The summed E-state index contributed by atoms with van der Waals surface area (Å²) in [5.74, 6) is -0.902. The second-order valence-corrected chi connectivity index (χ2v) is 5.91. The first-order valence-corrected chi connectivity index (χ1v) is 7.48. The van der Waals surface area contributed by atoms with E-state index in [-0.39, 0.29) is 11.9 Å². The molecule has 112 valence electrons. The number of carboxylic acid groups (broad SMARTS) is 1. The van der Waals surface area contributed by atoms with E-state index < -0.39 is 12.0 Å². The average molecular weight is 288 g/mol. The Morgan fingerprint density at radius 3 is 2.76 bits per heavy atom. The number of hydrogen-bond acceptors (Lipinski definition) is 2. The molecule has 1 fully saturated rings. The molecule has 0 saturated carbocycles. The minimum atomic E-state index is -0.900. The molecule has 0 radical (unpaired) electrons. The van der Waals surface area contributed by atoms with Crippen molar-refractivity contribution < 1.29 is 14.7 Å². The summed E-state index contributed by atoms with van der Waals surface area (Å²) in [5, 5.41) is 9.45. The molecule has 5 nitrogen and oxygen atoms in total. The van der Waals surface area contributed by atoms with Gasteiger partial charge >= 0.3 is 12.0 Å². The van der Waals surface area contributed by atoms with E-state index in [2.05, 4.69) is 0 Å². The molecule has 0 spiro atoms. The van der Waals surface area contributed by atoms with Crippen LogP contribution in [-0.4, -0.2) is 41.1 Å². The van der Waals surface area contributed by atoms with E-state index in [0.29, 0.717) is 13.1 Å². The van der Waals surface area contributed by atoms with Crippen molar-refractivity contribution >= 4 is 17.7 Å². The first-order valence-electron chi connectivity index (χ1n) is 7.48. The largest absolute Gasteiger partial charge is 0.480 e. The van der Waals surface area contributed by atoms with E-state index in [1.54, 1.807) is 9.80 Å². The molecule has 21 heavy (non-hydrogen) atoms. The Morgan fingerprint density at radius 2 is 2.00 bits per heavy atom. The van der Waals surface area contributed by atoms with Gasteiger partial charge < -0.3 is 10.0 Å². The van der Waals surface area contributed by atoms with Crippen molar-refractivity contribution in [3.05, 3.63) is 29.8 Å². The Balaban J connectivity index is 1.86. The van der Waals surface area contributed by atoms with E-state index in [9.17, 15) is 14.7 Å². The number of carboxylic acids is 1. The zero-order chi connectivity index (χ0) is 15.0. The van der Waals surface area contributed by atoms with E-state index in [1.807, 2.05) is 31.2 Å². The lowest BCUT2D eigenvalue weighted by Crippen LogP contribution is -2.55. The molecule has 1 N–H and O–H groups in total. The van der Waals surface area contributed by atoms with Crippen molar-refractivity contribution in [2.75, 3.05) is 18.0 Å². The van der Waals surface area contributed by atoms with Crippen LogP contribution in [0.5, 0.6) is 0 Å². The van der Waals surface area contributed by atoms with Crippen molar-refractivity contribution in [3.8, 4) is 0 Å². The van der Waals surface area contributed by atoms with E-state index >= 15 is 0 Å². The maximum absolute atomic E-state index is 12.8. The predicted octanol–water partition coefficient (Wildman–Crippen LogP) is 2.35. The summed E-state index contributed by atoms with van der Waals surface area (Å²) in [4.78, 5) is 27.6. The van der Waals surface area contributed by atoms with Crippen LogP contribution >= 0.6 is 0 Å². The van der Waals surface area contributed by atoms with Crippen molar-refractivity contribution in [2.45, 2.75) is 32.2 Å². The van der Waals surface area contributed by atoms with Crippen LogP contribution in [0.25, 0.3) is 0 Å². The molecule has 1 aromatic carbocycles. The quantitative estimate of drug-likeness (QED) is 0.863. The van der Waals surface area contributed by atoms with Gasteiger partial charge in [-0.3, -0.25) is 4.90 Å². The van der Waals surface area contributed by atoms with Crippen LogP contribution in [0.1, 0.15) is 25.3 Å². The molecule has 1 aromatic rings. The number of nitrogens with zero attached hydrogens (tertiary/aromatic N) is 2. The summed E-state index contributed by atoms with van der Waals surface area (Å²) in [6.07, 6.45) is 2.56. The lowest BCUT2D eigenvalue weighted by Gasteiger charge is -2.39. The van der Waals surface area contributed by atoms with Crippen LogP contribution in [0.4, 0.5) is 10.5 Å². The molecule has 3 rings (SSSR count). The third kappa shape index (κ3) is 2.37. The molecule has 2 unspecified atom stereocenters. The number of amides is 2. The number of rotatable bonds is 1. The highest BCUT2D eigenvalue weighted by atomic mass is 16.4. The van der Waals surface area contributed by atoms with Gasteiger partial charge in [0.25, 0.3) is 0 Å². The molecule has 2 heterocycles. The first kappa shape index (κ1) is 13.9. The second-order valence-electron chi connectivity index (χ2n) is 5.91. The number of para-hydroxylation sites is 1. The number of likely N-dealkylation sites (tertiary alicyclic amines) is 1. The smallest absolute Gasteiger partial charge is 0.326 e. The Morgan fingerprint density at radius 1 is 1.24 bits per heavy atom. The number of anilines is 1. The molecule has 5 heteroatoms. The molecule has 0 bridgehead atoms. The fourth-order valence-corrected chi connectivity index (χ4v) is 3.47. The third-order valence-corrected chi connectivity index (χ3v) is 4.55. The fourth-order valence-electron chi connectivity index (χ4n) is 3.47. The normalized spacial score (nSPS) is 24.8. The van der Waals surface area contributed by atoms with Crippen LogP contribution < -0.4 is 4.90 Å². The van der Waals surface area contributed by atoms with Gasteiger partial charge in [0.05, 0.1) is 0 Å². The first-order chi connectivity index (χ1) is 10.1. The Labute approximate surface area is 124 Å². The average Bonchev–Trinajstić information content (AvgIpc) is 2.89. The maximum Gasteiger partial charge on any atom is 0.326 e. The summed E-state index contributed by atoms with van der Waals surface area (Å²) in [7, 11) is 0. The zero-order valence-electron chi connectivity index (χ0n) is 12.2. The lowest BCUT2D eigenvalue weighted by molar-refractivity contribution is -0.145. The van der Waals surface area contributed by atoms with E-state index in [0.717, 1.165) is 30.5 Å². The zero-order valence-corrected chi connectivity index (χ0v) is 12.2. The molecule has 0 aromatic heterocycles. The van der Waals surface area contributed by atoms with Crippen molar-refractivity contribution in [3.63, 3.8) is 0 Å². The van der Waals surface area contributed by atoms with Gasteiger partial charge in [-0.2, -0.15) is 0 Å². The van der Waals surface area contributed by atoms with Gasteiger partial charge in [0.15, 0.2) is 0 Å². The monoisotopic (exact) mass is 288 g/mol. The summed E-state index contributed by atoms with van der Waals surface area (Å²) < 4.78 is 0. The number of carbonyl (C=O) groups excluding carboxylic acids is 1. The van der Waals surface area contributed by atoms with Gasteiger partial charge in [-0.15, -0.1) is 0 Å². The summed E-state index contributed by atoms with van der Waals surface area (Å²) in [6.45, 7) is 3.07. The number of hydrogen-bond donors (Lipinski definition) is 1. The predicted molar refractivity (Wildman–Crippen MR) is 79.4 cm³/mol. The van der Waals surface area contributed by atoms with Gasteiger partial charge in [0.1, 0.15) is 6.04 Å². The van der Waals surface area contributed by atoms with Gasteiger partial charge in [-0.05, 0) is 36.8 Å². The maximum atomic E-state index is 12.8. The van der Waals surface area contributed by atoms with Gasteiger partial charge in [0, 0.05) is 18.8 Å². The highest BCUT2D eigenvalue weighted by molar-refractivity contribution is 5.96. The Kier molecular flexibility index (Phi) is 3.57. The Bertz CT molecular complexity index is 572. The number of piperidine rings is 1. The highest BCUT2D eigenvalue weighted by Crippen LogP contribution is 2.31. The SMILES string of the molecule is CC1CCCN(C(=O)N2CCc3ccccc32)C1C(=O)O. The molecule has 0 aliphatic carbocycles. The highest BCUT2D eigenvalue weighted by Gasteiger charge is 2.40. The second kappa shape index (κ2) is 5.39. The van der Waals surface area contributed by atoms with Crippen LogP contribution in [-0.2, 0) is 11.2 Å². The molecular formula is C16H20N2O3. The molecule has 2 atom stereocenters. The number of benzene rings is 1. The van der Waals surface area contributed by atoms with Crippen molar-refractivity contribution in [1.29, 1.82) is 0 Å². The van der Waals surface area contributed by atoms with Crippen LogP contribution in [0.2, 0.25) is 0 Å². The van der Waals surface area contributed by atoms with E-state index in [1.165, 1.54) is 0 Å². The fraction of sp³-hybridized carbons (Fsp3) is 0.500. The molecular weight excluding hydrogens is 268 g/mol.